The van der Waals surface area contributed by atoms with Crippen LogP contribution in [0.5, 0.6) is 5.75 Å². The summed E-state index contributed by atoms with van der Waals surface area (Å²) in [4.78, 5) is 16.2. The summed E-state index contributed by atoms with van der Waals surface area (Å²) in [5, 5.41) is 0. The van der Waals surface area contributed by atoms with Crippen LogP contribution in [0.2, 0.25) is 0 Å². The third kappa shape index (κ3) is 4.10. The van der Waals surface area contributed by atoms with Crippen molar-refractivity contribution >= 4 is 11.9 Å². The Morgan fingerprint density at radius 1 is 1.21 bits per heavy atom. The number of rotatable bonds is 6. The lowest BCUT2D eigenvalue weighted by molar-refractivity contribution is 0.101. The monoisotopic (exact) mass is 323 g/mol. The summed E-state index contributed by atoms with van der Waals surface area (Å²) < 4.78 is 5.99. The standard InChI is InChI=1S/C21H25NO2/c1-6-8-20-15(4)22-14(3)11-18(20)13-24-19-9-10-21(16(5)23)17(7-2)12-19/h6,8-12H,7,13H2,1-5H3/b8-6-. The van der Waals surface area contributed by atoms with Gasteiger partial charge in [0.1, 0.15) is 12.4 Å². The normalized spacial score (nSPS) is 11.0. The molecule has 0 amide bonds. The Hall–Kier alpha value is -2.42. The van der Waals surface area contributed by atoms with Crippen LogP contribution >= 0.6 is 0 Å². The van der Waals surface area contributed by atoms with Crippen LogP contribution in [0.3, 0.4) is 0 Å². The number of carbonyl (C=O) groups excluding carboxylic acids is 1. The van der Waals surface area contributed by atoms with Crippen LogP contribution in [0.15, 0.2) is 30.3 Å². The molecule has 0 aliphatic rings. The number of ether oxygens (including phenoxy) is 1. The van der Waals surface area contributed by atoms with E-state index in [1.165, 1.54) is 0 Å². The highest BCUT2D eigenvalue weighted by atomic mass is 16.5. The maximum atomic E-state index is 11.7. The maximum absolute atomic E-state index is 11.7. The van der Waals surface area contributed by atoms with Gasteiger partial charge in [0.05, 0.1) is 0 Å². The lowest BCUT2D eigenvalue weighted by Gasteiger charge is -2.13. The molecular weight excluding hydrogens is 298 g/mol. The fourth-order valence-electron chi connectivity index (χ4n) is 2.89. The first-order chi connectivity index (χ1) is 11.5. The molecule has 0 N–H and O–H groups in total. The first kappa shape index (κ1) is 17.9. The van der Waals surface area contributed by atoms with Crippen LogP contribution in [-0.2, 0) is 13.0 Å². The molecule has 0 aliphatic carbocycles. The predicted molar refractivity (Wildman–Crippen MR) is 98.6 cm³/mol. The fourth-order valence-corrected chi connectivity index (χ4v) is 2.89. The van der Waals surface area contributed by atoms with E-state index in [9.17, 15) is 4.79 Å². The molecule has 0 saturated heterocycles. The summed E-state index contributed by atoms with van der Waals surface area (Å²) in [5.74, 6) is 0.879. The van der Waals surface area contributed by atoms with Gasteiger partial charge in [-0.25, -0.2) is 0 Å². The molecule has 2 rings (SSSR count). The second-order valence-electron chi connectivity index (χ2n) is 5.94. The second-order valence-corrected chi connectivity index (χ2v) is 5.94. The minimum atomic E-state index is 0.0918. The Morgan fingerprint density at radius 3 is 2.58 bits per heavy atom. The lowest BCUT2D eigenvalue weighted by atomic mass is 10.0. The first-order valence-electron chi connectivity index (χ1n) is 8.32. The molecule has 3 nitrogen and oxygen atoms in total. The van der Waals surface area contributed by atoms with E-state index in [0.717, 1.165) is 45.8 Å². The van der Waals surface area contributed by atoms with Crippen molar-refractivity contribution in [2.45, 2.75) is 47.6 Å². The molecule has 2 aromatic rings. The Labute approximate surface area is 144 Å². The van der Waals surface area contributed by atoms with Crippen LogP contribution in [0, 0.1) is 13.8 Å². The van der Waals surface area contributed by atoms with Gasteiger partial charge in [0.15, 0.2) is 5.78 Å². The molecule has 0 saturated carbocycles. The highest BCUT2D eigenvalue weighted by Crippen LogP contribution is 2.22. The van der Waals surface area contributed by atoms with Crippen LogP contribution in [0.4, 0.5) is 0 Å². The van der Waals surface area contributed by atoms with Crippen molar-refractivity contribution in [1.82, 2.24) is 4.98 Å². The summed E-state index contributed by atoms with van der Waals surface area (Å²) in [6.45, 7) is 10.1. The smallest absolute Gasteiger partial charge is 0.160 e. The van der Waals surface area contributed by atoms with Gasteiger partial charge in [-0.1, -0.05) is 19.1 Å². The van der Waals surface area contributed by atoms with Crippen LogP contribution in [0.1, 0.15) is 59.2 Å². The summed E-state index contributed by atoms with van der Waals surface area (Å²) in [7, 11) is 0. The van der Waals surface area contributed by atoms with Crippen LogP contribution in [0.25, 0.3) is 6.08 Å². The Balaban J connectivity index is 2.27. The SMILES string of the molecule is C/C=C\c1c(COc2ccc(C(C)=O)c(CC)c2)cc(C)nc1C. The Kier molecular flexibility index (Phi) is 5.91. The predicted octanol–water partition coefficient (Wildman–Crippen LogP) is 5.08. The number of carbonyl (C=O) groups is 1. The summed E-state index contributed by atoms with van der Waals surface area (Å²) in [5.41, 5.74) is 6.02. The minimum absolute atomic E-state index is 0.0918. The zero-order chi connectivity index (χ0) is 17.7. The molecule has 1 aromatic carbocycles. The van der Waals surface area contributed by atoms with Crippen LogP contribution < -0.4 is 4.74 Å². The Bertz CT molecular complexity index is 776. The summed E-state index contributed by atoms with van der Waals surface area (Å²) in [6.07, 6.45) is 4.89. The molecule has 0 spiro atoms. The molecule has 0 unspecified atom stereocenters. The zero-order valence-corrected chi connectivity index (χ0v) is 15.1. The van der Waals surface area contributed by atoms with E-state index in [-0.39, 0.29) is 5.78 Å². The van der Waals surface area contributed by atoms with Crippen molar-refractivity contribution in [3.8, 4) is 5.75 Å². The molecule has 0 fully saturated rings. The van der Waals surface area contributed by atoms with Gasteiger partial charge < -0.3 is 4.74 Å². The van der Waals surface area contributed by atoms with E-state index in [4.69, 9.17) is 4.74 Å². The molecule has 1 aromatic heterocycles. The number of allylic oxidation sites excluding steroid dienone is 1. The third-order valence-corrected chi connectivity index (χ3v) is 4.03. The number of ketones is 1. The first-order valence-corrected chi connectivity index (χ1v) is 8.32. The highest BCUT2D eigenvalue weighted by molar-refractivity contribution is 5.95. The van der Waals surface area contributed by atoms with Crippen molar-refractivity contribution in [3.05, 3.63) is 64.0 Å². The molecule has 0 bridgehead atoms. The molecule has 0 atom stereocenters. The van der Waals surface area contributed by atoms with Crippen LogP contribution in [-0.4, -0.2) is 10.8 Å². The van der Waals surface area contributed by atoms with E-state index >= 15 is 0 Å². The average molecular weight is 323 g/mol. The van der Waals surface area contributed by atoms with Gasteiger partial charge in [-0.05, 0) is 63.9 Å². The largest absolute Gasteiger partial charge is 0.489 e. The molecule has 0 aliphatic heterocycles. The lowest BCUT2D eigenvalue weighted by Crippen LogP contribution is -2.04. The number of aromatic nitrogens is 1. The Morgan fingerprint density at radius 2 is 1.96 bits per heavy atom. The van der Waals surface area contributed by atoms with E-state index in [1.54, 1.807) is 6.92 Å². The van der Waals surface area contributed by atoms with Crippen molar-refractivity contribution in [2.24, 2.45) is 0 Å². The number of aryl methyl sites for hydroxylation is 3. The zero-order valence-electron chi connectivity index (χ0n) is 15.1. The quantitative estimate of drug-likeness (QED) is 0.696. The van der Waals surface area contributed by atoms with Gasteiger partial charge in [-0.3, -0.25) is 9.78 Å². The maximum Gasteiger partial charge on any atom is 0.160 e. The summed E-state index contributed by atoms with van der Waals surface area (Å²) >= 11 is 0. The number of Topliss-reactive ketones (excluding diaryl/α,β-unsaturated/α-hetero) is 1. The summed E-state index contributed by atoms with van der Waals surface area (Å²) in [6, 6.07) is 7.75. The van der Waals surface area contributed by atoms with E-state index in [1.807, 2.05) is 52.0 Å². The average Bonchev–Trinajstić information content (AvgIpc) is 2.55. The number of nitrogens with zero attached hydrogens (tertiary/aromatic N) is 1. The molecule has 24 heavy (non-hydrogen) atoms. The fraction of sp³-hybridized carbons (Fsp3) is 0.333. The van der Waals surface area contributed by atoms with Crippen molar-refractivity contribution < 1.29 is 9.53 Å². The topological polar surface area (TPSA) is 39.2 Å². The number of hydrogen-bond donors (Lipinski definition) is 0. The van der Waals surface area contributed by atoms with Gasteiger partial charge in [0, 0.05) is 28.1 Å². The third-order valence-electron chi connectivity index (χ3n) is 4.03. The number of hydrogen-bond acceptors (Lipinski definition) is 3. The number of pyridine rings is 1. The minimum Gasteiger partial charge on any atom is -0.489 e. The second kappa shape index (κ2) is 7.91. The van der Waals surface area contributed by atoms with Gasteiger partial charge in [0.25, 0.3) is 0 Å². The van der Waals surface area contributed by atoms with Gasteiger partial charge in [0.2, 0.25) is 0 Å². The van der Waals surface area contributed by atoms with E-state index in [0.29, 0.717) is 6.61 Å². The molecular formula is C21H25NO2. The van der Waals surface area contributed by atoms with E-state index in [2.05, 4.69) is 17.1 Å². The highest BCUT2D eigenvalue weighted by Gasteiger charge is 2.10. The molecule has 3 heteroatoms. The number of benzene rings is 1. The molecule has 126 valence electrons. The van der Waals surface area contributed by atoms with E-state index < -0.39 is 0 Å². The molecule has 1 heterocycles. The van der Waals surface area contributed by atoms with Gasteiger partial charge in [-0.15, -0.1) is 0 Å². The van der Waals surface area contributed by atoms with Crippen molar-refractivity contribution in [1.29, 1.82) is 0 Å². The van der Waals surface area contributed by atoms with Crippen molar-refractivity contribution in [3.63, 3.8) is 0 Å². The van der Waals surface area contributed by atoms with Gasteiger partial charge in [-0.2, -0.15) is 0 Å². The molecule has 0 radical (unpaired) electrons. The van der Waals surface area contributed by atoms with Gasteiger partial charge >= 0.3 is 0 Å². The van der Waals surface area contributed by atoms with Crippen molar-refractivity contribution in [2.75, 3.05) is 0 Å².